The molecular weight excluding hydrogens is 372 g/mol. The average molecular weight is 397 g/mol. The Hall–Kier alpha value is -2.73. The first-order chi connectivity index (χ1) is 14.1. The summed E-state index contributed by atoms with van der Waals surface area (Å²) in [6.45, 7) is 4.10. The van der Waals surface area contributed by atoms with Crippen molar-refractivity contribution in [3.05, 3.63) is 71.3 Å². The van der Waals surface area contributed by atoms with Crippen LogP contribution in [0.2, 0.25) is 0 Å². The van der Waals surface area contributed by atoms with E-state index in [9.17, 15) is 13.6 Å². The predicted molar refractivity (Wildman–Crippen MR) is 111 cm³/mol. The molecule has 0 saturated heterocycles. The van der Waals surface area contributed by atoms with Gasteiger partial charge >= 0.3 is 0 Å². The molecule has 29 heavy (non-hydrogen) atoms. The summed E-state index contributed by atoms with van der Waals surface area (Å²) in [6.07, 6.45) is 5.21. The fraction of sp³-hybridized carbons (Fsp3) is 0.348. The zero-order valence-corrected chi connectivity index (χ0v) is 16.3. The zero-order chi connectivity index (χ0) is 20.2. The van der Waals surface area contributed by atoms with E-state index in [2.05, 4.69) is 16.3 Å². The Kier molecular flexibility index (Phi) is 5.90. The molecule has 2 heterocycles. The van der Waals surface area contributed by atoms with Gasteiger partial charge < -0.3 is 10.2 Å². The van der Waals surface area contributed by atoms with Crippen LogP contribution in [0.1, 0.15) is 35.2 Å². The summed E-state index contributed by atoms with van der Waals surface area (Å²) < 4.78 is 27.1. The van der Waals surface area contributed by atoms with Gasteiger partial charge in [-0.25, -0.2) is 8.78 Å². The Labute approximate surface area is 169 Å². The molecule has 4 rings (SSSR count). The van der Waals surface area contributed by atoms with Gasteiger partial charge in [-0.1, -0.05) is 24.3 Å². The summed E-state index contributed by atoms with van der Waals surface area (Å²) in [5.74, 6) is -1.02. The highest BCUT2D eigenvalue weighted by atomic mass is 19.1. The summed E-state index contributed by atoms with van der Waals surface area (Å²) >= 11 is 0. The van der Waals surface area contributed by atoms with Crippen LogP contribution in [0, 0.1) is 11.6 Å². The number of unbranched alkanes of at least 4 members (excludes halogenated alkanes) is 1. The largest absolute Gasteiger partial charge is 0.353 e. The lowest BCUT2D eigenvalue weighted by molar-refractivity contribution is 0.0943. The lowest BCUT2D eigenvalue weighted by atomic mass is 9.99. The van der Waals surface area contributed by atoms with Gasteiger partial charge in [0.2, 0.25) is 0 Å². The van der Waals surface area contributed by atoms with Crippen LogP contribution in [-0.2, 0) is 0 Å². The van der Waals surface area contributed by atoms with Gasteiger partial charge in [-0.05, 0) is 61.2 Å². The number of hydrogen-bond acceptors (Lipinski definition) is 3. The maximum Gasteiger partial charge on any atom is 0.257 e. The lowest BCUT2D eigenvalue weighted by Crippen LogP contribution is -2.44. The normalized spacial score (nSPS) is 17.0. The summed E-state index contributed by atoms with van der Waals surface area (Å²) in [4.78, 5) is 16.4. The minimum absolute atomic E-state index is 0.147. The van der Waals surface area contributed by atoms with Gasteiger partial charge in [0.25, 0.3) is 5.91 Å². The van der Waals surface area contributed by atoms with E-state index in [0.29, 0.717) is 12.4 Å². The number of carbonyl (C=O) groups is 1. The number of benzene rings is 2. The summed E-state index contributed by atoms with van der Waals surface area (Å²) in [5, 5.41) is 2.75. The number of hydrogen-bond donors (Lipinski definition) is 1. The maximum atomic E-state index is 14.0. The van der Waals surface area contributed by atoms with Crippen LogP contribution in [-0.4, -0.2) is 43.7 Å². The molecule has 2 aromatic carbocycles. The second-order valence-electron chi connectivity index (χ2n) is 7.56. The van der Waals surface area contributed by atoms with Gasteiger partial charge in [0.15, 0.2) is 0 Å². The van der Waals surface area contributed by atoms with E-state index < -0.39 is 5.82 Å². The second-order valence-corrected chi connectivity index (χ2v) is 7.56. The zero-order valence-electron chi connectivity index (χ0n) is 16.3. The number of fused-ring (bicyclic) bond motifs is 1. The molecule has 2 aromatic rings. The van der Waals surface area contributed by atoms with Gasteiger partial charge in [-0.2, -0.15) is 0 Å². The van der Waals surface area contributed by atoms with Crippen LogP contribution in [0.5, 0.6) is 0 Å². The SMILES string of the molecule is O=C1NCN(CCCCN2CC=C(c3ccc(F)cc3)CC2)c2cccc(F)c21. The van der Waals surface area contributed by atoms with Crippen LogP contribution in [0.25, 0.3) is 5.57 Å². The molecule has 0 bridgehead atoms. The van der Waals surface area contributed by atoms with Gasteiger partial charge in [-0.3, -0.25) is 9.69 Å². The Morgan fingerprint density at radius 1 is 1.00 bits per heavy atom. The monoisotopic (exact) mass is 397 g/mol. The number of carbonyl (C=O) groups excluding carboxylic acids is 1. The highest BCUT2D eigenvalue weighted by Crippen LogP contribution is 2.26. The Balaban J connectivity index is 1.25. The Morgan fingerprint density at radius 2 is 1.79 bits per heavy atom. The van der Waals surface area contributed by atoms with Crippen LogP contribution in [0.4, 0.5) is 14.5 Å². The van der Waals surface area contributed by atoms with Crippen molar-refractivity contribution in [1.82, 2.24) is 10.2 Å². The third kappa shape index (κ3) is 4.48. The van der Waals surface area contributed by atoms with Crippen molar-refractivity contribution in [3.63, 3.8) is 0 Å². The highest BCUT2D eigenvalue weighted by Gasteiger charge is 2.25. The lowest BCUT2D eigenvalue weighted by Gasteiger charge is -2.32. The third-order valence-electron chi connectivity index (χ3n) is 5.65. The fourth-order valence-corrected chi connectivity index (χ4v) is 4.02. The molecule has 2 aliphatic rings. The van der Waals surface area contributed by atoms with Crippen molar-refractivity contribution in [3.8, 4) is 0 Å². The standard InChI is InChI=1S/C23H25F2N3O/c24-19-8-6-17(7-9-19)18-10-14-27(15-11-18)12-1-2-13-28-16-26-23(29)22-20(25)4-3-5-21(22)28/h3-10H,1-2,11-16H2,(H,26,29). The summed E-state index contributed by atoms with van der Waals surface area (Å²) in [6, 6.07) is 11.5. The van der Waals surface area contributed by atoms with E-state index >= 15 is 0 Å². The van der Waals surface area contributed by atoms with E-state index in [1.807, 2.05) is 23.1 Å². The molecule has 0 radical (unpaired) electrons. The first-order valence-electron chi connectivity index (χ1n) is 10.1. The number of anilines is 1. The topological polar surface area (TPSA) is 35.6 Å². The van der Waals surface area contributed by atoms with Crippen LogP contribution in [0.3, 0.4) is 0 Å². The molecule has 1 N–H and O–H groups in total. The first kappa shape index (κ1) is 19.6. The van der Waals surface area contributed by atoms with E-state index in [-0.39, 0.29) is 17.3 Å². The number of rotatable bonds is 6. The molecular formula is C23H25F2N3O. The smallest absolute Gasteiger partial charge is 0.257 e. The average Bonchev–Trinajstić information content (AvgIpc) is 2.74. The molecule has 0 atom stereocenters. The van der Waals surface area contributed by atoms with E-state index in [0.717, 1.165) is 51.0 Å². The summed E-state index contributed by atoms with van der Waals surface area (Å²) in [5.41, 5.74) is 3.21. The molecule has 6 heteroatoms. The second kappa shape index (κ2) is 8.74. The molecule has 0 aromatic heterocycles. The molecule has 152 valence electrons. The molecule has 4 nitrogen and oxygen atoms in total. The van der Waals surface area contributed by atoms with Gasteiger partial charge in [0.1, 0.15) is 11.6 Å². The molecule has 0 saturated carbocycles. The molecule has 0 unspecified atom stereocenters. The first-order valence-corrected chi connectivity index (χ1v) is 10.1. The quantitative estimate of drug-likeness (QED) is 0.748. The van der Waals surface area contributed by atoms with Crippen molar-refractivity contribution in [2.75, 3.05) is 37.7 Å². The predicted octanol–water partition coefficient (Wildman–Crippen LogP) is 4.04. The van der Waals surface area contributed by atoms with Crippen molar-refractivity contribution in [2.45, 2.75) is 19.3 Å². The fourth-order valence-electron chi connectivity index (χ4n) is 4.02. The minimum atomic E-state index is -0.471. The van der Waals surface area contributed by atoms with E-state index in [1.54, 1.807) is 6.07 Å². The van der Waals surface area contributed by atoms with Gasteiger partial charge in [0, 0.05) is 19.6 Å². The van der Waals surface area contributed by atoms with Crippen molar-refractivity contribution in [2.24, 2.45) is 0 Å². The molecule has 1 amide bonds. The van der Waals surface area contributed by atoms with Crippen molar-refractivity contribution < 1.29 is 13.6 Å². The minimum Gasteiger partial charge on any atom is -0.353 e. The number of nitrogens with one attached hydrogen (secondary N) is 1. The van der Waals surface area contributed by atoms with Crippen LogP contribution >= 0.6 is 0 Å². The van der Waals surface area contributed by atoms with Crippen molar-refractivity contribution in [1.29, 1.82) is 0 Å². The molecule has 0 aliphatic carbocycles. The van der Waals surface area contributed by atoms with Gasteiger partial charge in [0.05, 0.1) is 17.9 Å². The van der Waals surface area contributed by atoms with Crippen LogP contribution < -0.4 is 10.2 Å². The number of nitrogens with zero attached hydrogens (tertiary/aromatic N) is 2. The third-order valence-corrected chi connectivity index (χ3v) is 5.65. The van der Waals surface area contributed by atoms with Crippen LogP contribution in [0.15, 0.2) is 48.5 Å². The number of amides is 1. The molecule has 0 fully saturated rings. The maximum absolute atomic E-state index is 14.0. The van der Waals surface area contributed by atoms with E-state index in [1.165, 1.54) is 23.8 Å². The number of halogens is 2. The molecule has 2 aliphatic heterocycles. The van der Waals surface area contributed by atoms with Crippen molar-refractivity contribution >= 4 is 17.2 Å². The van der Waals surface area contributed by atoms with Gasteiger partial charge in [-0.15, -0.1) is 0 Å². The molecule has 0 spiro atoms. The summed E-state index contributed by atoms with van der Waals surface area (Å²) in [7, 11) is 0. The Bertz CT molecular complexity index is 911. The van der Waals surface area contributed by atoms with E-state index in [4.69, 9.17) is 0 Å². The Morgan fingerprint density at radius 3 is 2.55 bits per heavy atom. The highest BCUT2D eigenvalue weighted by molar-refractivity contribution is 6.01.